The molecule has 144 valence electrons. The molecule has 0 aromatic heterocycles. The highest BCUT2D eigenvalue weighted by Gasteiger charge is 2.36. The van der Waals surface area contributed by atoms with Gasteiger partial charge in [-0.05, 0) is 56.1 Å². The minimum atomic E-state index is -3.28. The molecule has 26 heavy (non-hydrogen) atoms. The van der Waals surface area contributed by atoms with Crippen LogP contribution < -0.4 is 4.90 Å². The monoisotopic (exact) mass is 377 g/mol. The van der Waals surface area contributed by atoms with E-state index in [2.05, 4.69) is 36.1 Å². The predicted molar refractivity (Wildman–Crippen MR) is 106 cm³/mol. The third-order valence-electron chi connectivity index (χ3n) is 6.28. The van der Waals surface area contributed by atoms with Gasteiger partial charge >= 0.3 is 0 Å². The van der Waals surface area contributed by atoms with Crippen molar-refractivity contribution in [3.05, 3.63) is 29.8 Å². The van der Waals surface area contributed by atoms with Gasteiger partial charge in [0, 0.05) is 44.5 Å². The topological polar surface area (TPSA) is 43.9 Å². The van der Waals surface area contributed by atoms with E-state index in [1.165, 1.54) is 17.7 Å². The number of piperidine rings is 2. The van der Waals surface area contributed by atoms with Crippen molar-refractivity contribution in [1.29, 1.82) is 0 Å². The summed E-state index contributed by atoms with van der Waals surface area (Å²) in [6, 6.07) is 9.17. The first kappa shape index (κ1) is 18.3. The van der Waals surface area contributed by atoms with Crippen molar-refractivity contribution in [3.8, 4) is 0 Å². The van der Waals surface area contributed by atoms with Gasteiger partial charge in [-0.15, -0.1) is 0 Å². The molecule has 2 fully saturated rings. The maximum absolute atomic E-state index is 13.0. The molecule has 1 atom stereocenters. The summed E-state index contributed by atoms with van der Waals surface area (Å²) in [7, 11) is -3.28. The van der Waals surface area contributed by atoms with Crippen molar-refractivity contribution >= 4 is 15.9 Å². The van der Waals surface area contributed by atoms with Gasteiger partial charge in [-0.2, -0.15) is 17.0 Å². The lowest BCUT2D eigenvalue weighted by Gasteiger charge is -2.43. The minimum Gasteiger partial charge on any atom is -0.368 e. The molecule has 3 aliphatic heterocycles. The summed E-state index contributed by atoms with van der Waals surface area (Å²) in [4.78, 5) is 2.53. The summed E-state index contributed by atoms with van der Waals surface area (Å²) in [5.74, 6) is 0.473. The van der Waals surface area contributed by atoms with Crippen LogP contribution in [0.25, 0.3) is 0 Å². The van der Waals surface area contributed by atoms with Gasteiger partial charge in [-0.25, -0.2) is 0 Å². The highest BCUT2D eigenvalue weighted by Crippen LogP contribution is 2.32. The third kappa shape index (κ3) is 3.51. The Morgan fingerprint density at radius 1 is 0.923 bits per heavy atom. The Balaban J connectivity index is 1.42. The number of aryl methyl sites for hydroxylation is 1. The SMILES string of the molecule is CC1CCCN(S(=O)(=O)N2CCC(N3CCCc4ccccc43)CC2)C1. The van der Waals surface area contributed by atoms with Crippen molar-refractivity contribution < 1.29 is 8.42 Å². The zero-order valence-corrected chi connectivity index (χ0v) is 16.6. The lowest BCUT2D eigenvalue weighted by Crippen LogP contribution is -2.53. The summed E-state index contributed by atoms with van der Waals surface area (Å²) < 4.78 is 29.5. The number of rotatable bonds is 3. The van der Waals surface area contributed by atoms with Crippen LogP contribution in [0.5, 0.6) is 0 Å². The van der Waals surface area contributed by atoms with E-state index >= 15 is 0 Å². The molecule has 0 N–H and O–H groups in total. The van der Waals surface area contributed by atoms with E-state index in [9.17, 15) is 8.42 Å². The molecule has 4 rings (SSSR count). The highest BCUT2D eigenvalue weighted by atomic mass is 32.2. The van der Waals surface area contributed by atoms with Gasteiger partial charge in [0.15, 0.2) is 0 Å². The molecule has 0 bridgehead atoms. The van der Waals surface area contributed by atoms with Crippen LogP contribution >= 0.6 is 0 Å². The molecule has 0 aliphatic carbocycles. The number of nitrogens with zero attached hydrogens (tertiary/aromatic N) is 3. The third-order valence-corrected chi connectivity index (χ3v) is 8.28. The van der Waals surface area contributed by atoms with Crippen LogP contribution in [0, 0.1) is 5.92 Å². The van der Waals surface area contributed by atoms with Crippen molar-refractivity contribution in [2.75, 3.05) is 37.6 Å². The molecular formula is C20H31N3O2S. The van der Waals surface area contributed by atoms with Crippen LogP contribution in [0.4, 0.5) is 5.69 Å². The zero-order valence-electron chi connectivity index (χ0n) is 15.8. The fraction of sp³-hybridized carbons (Fsp3) is 0.700. The maximum atomic E-state index is 13.0. The van der Waals surface area contributed by atoms with Gasteiger partial charge in [-0.1, -0.05) is 25.1 Å². The maximum Gasteiger partial charge on any atom is 0.281 e. The van der Waals surface area contributed by atoms with Crippen molar-refractivity contribution in [3.63, 3.8) is 0 Å². The molecule has 0 amide bonds. The summed E-state index contributed by atoms with van der Waals surface area (Å²) in [6.45, 7) is 5.92. The molecule has 3 heterocycles. The Bertz CT molecular complexity index is 728. The smallest absolute Gasteiger partial charge is 0.281 e. The Morgan fingerprint density at radius 3 is 2.46 bits per heavy atom. The Hall–Kier alpha value is -1.11. The second-order valence-corrected chi connectivity index (χ2v) is 10.1. The van der Waals surface area contributed by atoms with Gasteiger partial charge in [0.2, 0.25) is 0 Å². The quantitative estimate of drug-likeness (QED) is 0.814. The van der Waals surface area contributed by atoms with Crippen LogP contribution in [0.15, 0.2) is 24.3 Å². The molecule has 1 aromatic rings. The van der Waals surface area contributed by atoms with E-state index in [1.54, 1.807) is 8.61 Å². The van der Waals surface area contributed by atoms with Crippen LogP contribution in [0.2, 0.25) is 0 Å². The number of hydrogen-bond donors (Lipinski definition) is 0. The Morgan fingerprint density at radius 2 is 1.69 bits per heavy atom. The lowest BCUT2D eigenvalue weighted by molar-refractivity contribution is 0.240. The van der Waals surface area contributed by atoms with E-state index < -0.39 is 10.2 Å². The van der Waals surface area contributed by atoms with Gasteiger partial charge in [0.05, 0.1) is 0 Å². The fourth-order valence-corrected chi connectivity index (χ4v) is 6.65. The van der Waals surface area contributed by atoms with E-state index in [0.717, 1.165) is 38.6 Å². The standard InChI is InChI=1S/C20H31N3O2S/c1-17-6-4-12-22(16-17)26(24,25)21-14-10-19(11-15-21)23-13-5-8-18-7-2-3-9-20(18)23/h2-3,7,9,17,19H,4-6,8,10-16H2,1H3. The molecule has 5 nitrogen and oxygen atoms in total. The largest absolute Gasteiger partial charge is 0.368 e. The van der Waals surface area contributed by atoms with Crippen LogP contribution in [0.3, 0.4) is 0 Å². The second kappa shape index (κ2) is 7.49. The molecule has 0 radical (unpaired) electrons. The first-order chi connectivity index (χ1) is 12.6. The van der Waals surface area contributed by atoms with Crippen LogP contribution in [-0.2, 0) is 16.6 Å². The van der Waals surface area contributed by atoms with Gasteiger partial charge in [0.25, 0.3) is 10.2 Å². The van der Waals surface area contributed by atoms with Gasteiger partial charge in [0.1, 0.15) is 0 Å². The zero-order chi connectivity index (χ0) is 18.1. The second-order valence-electron chi connectivity index (χ2n) is 8.17. The van der Waals surface area contributed by atoms with Crippen molar-refractivity contribution in [1.82, 2.24) is 8.61 Å². The summed E-state index contributed by atoms with van der Waals surface area (Å²) in [5.41, 5.74) is 2.81. The summed E-state index contributed by atoms with van der Waals surface area (Å²) in [6.07, 6.45) is 6.34. The van der Waals surface area contributed by atoms with E-state index in [4.69, 9.17) is 0 Å². The number of para-hydroxylation sites is 1. The molecule has 1 unspecified atom stereocenters. The van der Waals surface area contributed by atoms with Gasteiger partial charge in [-0.3, -0.25) is 0 Å². The number of fused-ring (bicyclic) bond motifs is 1. The minimum absolute atomic E-state index is 0.461. The summed E-state index contributed by atoms with van der Waals surface area (Å²) in [5, 5.41) is 0. The lowest BCUT2D eigenvalue weighted by atomic mass is 9.96. The number of hydrogen-bond acceptors (Lipinski definition) is 3. The van der Waals surface area contributed by atoms with Gasteiger partial charge < -0.3 is 4.90 Å². The molecule has 0 saturated carbocycles. The van der Waals surface area contributed by atoms with Crippen molar-refractivity contribution in [2.45, 2.75) is 51.5 Å². The van der Waals surface area contributed by atoms with E-state index in [-0.39, 0.29) is 0 Å². The normalized spacial score (nSPS) is 26.7. The fourth-order valence-electron chi connectivity index (χ4n) is 4.85. The molecule has 1 aromatic carbocycles. The molecule has 3 aliphatic rings. The van der Waals surface area contributed by atoms with Crippen LogP contribution in [0.1, 0.15) is 44.6 Å². The highest BCUT2D eigenvalue weighted by molar-refractivity contribution is 7.86. The van der Waals surface area contributed by atoms with Crippen LogP contribution in [-0.4, -0.2) is 55.8 Å². The van der Waals surface area contributed by atoms with Crippen molar-refractivity contribution in [2.24, 2.45) is 5.92 Å². The molecule has 6 heteroatoms. The average Bonchev–Trinajstić information content (AvgIpc) is 2.68. The first-order valence-electron chi connectivity index (χ1n) is 10.2. The van der Waals surface area contributed by atoms with E-state index in [0.29, 0.717) is 38.1 Å². The predicted octanol–water partition coefficient (Wildman–Crippen LogP) is 2.88. The number of anilines is 1. The molecule has 2 saturated heterocycles. The Kier molecular flexibility index (Phi) is 5.26. The number of benzene rings is 1. The van der Waals surface area contributed by atoms with E-state index in [1.807, 2.05) is 0 Å². The average molecular weight is 378 g/mol. The summed E-state index contributed by atoms with van der Waals surface area (Å²) >= 11 is 0. The Labute approximate surface area is 158 Å². The first-order valence-corrected chi connectivity index (χ1v) is 11.5. The molecular weight excluding hydrogens is 346 g/mol. The molecule has 0 spiro atoms.